The first-order valence-electron chi connectivity index (χ1n) is 4.13. The number of hydrogen-bond acceptors (Lipinski definition) is 5. The first kappa shape index (κ1) is 17.3. The second-order valence-corrected chi connectivity index (χ2v) is 3.08. The molecule has 5 nitrogen and oxygen atoms in total. The molecule has 1 aromatic carbocycles. The molecular formula is C10H12IO5-. The Balaban J connectivity index is 0. The van der Waals surface area contributed by atoms with Crippen LogP contribution in [0.25, 0.3) is 0 Å². The van der Waals surface area contributed by atoms with Gasteiger partial charge < -0.3 is 13.3 Å². The molecule has 90 valence electrons. The van der Waals surface area contributed by atoms with Crippen molar-refractivity contribution >= 4 is 11.9 Å². The van der Waals surface area contributed by atoms with Gasteiger partial charge in [-0.15, -0.1) is 0 Å². The minimum absolute atomic E-state index is 0.474. The number of carbonyl (C=O) groups excluding carboxylic acids is 2. The maximum Gasteiger partial charge on any atom is 0.517 e. The zero-order valence-electron chi connectivity index (χ0n) is 8.88. The second-order valence-electron chi connectivity index (χ2n) is 2.28. The van der Waals surface area contributed by atoms with Crippen molar-refractivity contribution in [1.29, 1.82) is 0 Å². The summed E-state index contributed by atoms with van der Waals surface area (Å²) in [6.45, 7) is 2.19. The number of rotatable bonds is 1. The van der Waals surface area contributed by atoms with E-state index in [0.717, 1.165) is 6.92 Å². The number of carboxylic acid groups (broad SMARTS) is 1. The minimum atomic E-state index is -1.53. The molecule has 0 N–H and O–H groups in total. The summed E-state index contributed by atoms with van der Waals surface area (Å²) in [7, 11) is 0. The van der Waals surface area contributed by atoms with Gasteiger partial charge in [0.05, 0.1) is 0 Å². The first-order chi connectivity index (χ1) is 7.50. The van der Waals surface area contributed by atoms with Crippen molar-refractivity contribution in [2.24, 2.45) is 0 Å². The van der Waals surface area contributed by atoms with Crippen LogP contribution < -0.4 is 30.6 Å². The standard InChI is InChI=1S/C6H6.C2H3IO3.C2H4O2/c1-2-4-6-5-3-1;1-2(4)6-3-5;1-2(3)4/h1-6H;1H3;1H3,(H,3,4)/p-1. The number of halogens is 1. The number of carbonyl (C=O) groups is 2. The van der Waals surface area contributed by atoms with Gasteiger partial charge in [-0.3, -0.25) is 0 Å². The Morgan fingerprint density at radius 1 is 1.00 bits per heavy atom. The SMILES string of the molecule is CC(=O)O[I+][O-].CC(=O)[O-].c1ccccc1. The molecule has 0 spiro atoms. The largest absolute Gasteiger partial charge is 0.558 e. The summed E-state index contributed by atoms with van der Waals surface area (Å²) in [6.07, 6.45) is 0. The van der Waals surface area contributed by atoms with Gasteiger partial charge in [-0.1, -0.05) is 36.4 Å². The van der Waals surface area contributed by atoms with E-state index >= 15 is 0 Å². The highest BCUT2D eigenvalue weighted by Crippen LogP contribution is 1.79. The van der Waals surface area contributed by atoms with Crippen LogP contribution in [0.5, 0.6) is 0 Å². The van der Waals surface area contributed by atoms with E-state index in [4.69, 9.17) is 9.90 Å². The Bertz CT molecular complexity index is 245. The summed E-state index contributed by atoms with van der Waals surface area (Å²) in [6, 6.07) is 12.0. The van der Waals surface area contributed by atoms with Crippen LogP contribution in [0.15, 0.2) is 36.4 Å². The Kier molecular flexibility index (Phi) is 14.9. The molecule has 1 aromatic rings. The number of carboxylic acids is 1. The lowest BCUT2D eigenvalue weighted by Crippen LogP contribution is -3.70. The molecule has 0 amide bonds. The van der Waals surface area contributed by atoms with E-state index in [2.05, 4.69) is 3.07 Å². The highest BCUT2D eigenvalue weighted by molar-refractivity contribution is 5.64. The Labute approximate surface area is 105 Å². The highest BCUT2D eigenvalue weighted by atomic mass is 127. The fourth-order valence-electron chi connectivity index (χ4n) is 0.429. The minimum Gasteiger partial charge on any atom is -0.558 e. The fraction of sp³-hybridized carbons (Fsp3) is 0.200. The molecule has 0 radical (unpaired) electrons. The van der Waals surface area contributed by atoms with Crippen LogP contribution in [0, 0.1) is 0 Å². The lowest BCUT2D eigenvalue weighted by molar-refractivity contribution is -1.26. The molecule has 0 fully saturated rings. The van der Waals surface area contributed by atoms with Crippen molar-refractivity contribution < 1.29 is 43.2 Å². The van der Waals surface area contributed by atoms with Gasteiger partial charge in [0.1, 0.15) is 0 Å². The van der Waals surface area contributed by atoms with Crippen molar-refractivity contribution in [2.75, 3.05) is 0 Å². The molecule has 0 aliphatic carbocycles. The summed E-state index contributed by atoms with van der Waals surface area (Å²) >= 11 is -1.53. The van der Waals surface area contributed by atoms with Gasteiger partial charge in [-0.05, 0) is 6.92 Å². The third kappa shape index (κ3) is 29.3. The average Bonchev–Trinajstić information content (AvgIpc) is 2.20. The second kappa shape index (κ2) is 13.8. The van der Waals surface area contributed by atoms with Crippen LogP contribution >= 0.6 is 0 Å². The van der Waals surface area contributed by atoms with E-state index in [1.54, 1.807) is 0 Å². The van der Waals surface area contributed by atoms with Crippen molar-refractivity contribution in [3.05, 3.63) is 36.4 Å². The van der Waals surface area contributed by atoms with Crippen LogP contribution in [0.2, 0.25) is 0 Å². The molecule has 0 atom stereocenters. The third-order valence-corrected chi connectivity index (χ3v) is 1.61. The third-order valence-electron chi connectivity index (χ3n) is 0.807. The Hall–Kier alpha value is -1.15. The first-order valence-corrected chi connectivity index (χ1v) is 5.89. The van der Waals surface area contributed by atoms with E-state index in [-0.39, 0.29) is 0 Å². The summed E-state index contributed by atoms with van der Waals surface area (Å²) in [4.78, 5) is 18.5. The Morgan fingerprint density at radius 3 is 1.31 bits per heavy atom. The molecule has 0 unspecified atom stereocenters. The van der Waals surface area contributed by atoms with Gasteiger partial charge >= 0.3 is 28.0 Å². The summed E-state index contributed by atoms with van der Waals surface area (Å²) in [5.74, 6) is -1.56. The number of benzene rings is 1. The normalized spacial score (nSPS) is 7.44. The molecular weight excluding hydrogens is 327 g/mol. The fourth-order valence-corrected chi connectivity index (χ4v) is 0.682. The monoisotopic (exact) mass is 339 g/mol. The van der Waals surface area contributed by atoms with E-state index < -0.39 is 34.0 Å². The van der Waals surface area contributed by atoms with E-state index in [1.165, 1.54) is 6.92 Å². The van der Waals surface area contributed by atoms with Crippen LogP contribution in [0.1, 0.15) is 13.8 Å². The van der Waals surface area contributed by atoms with Gasteiger partial charge in [0.25, 0.3) is 0 Å². The lowest BCUT2D eigenvalue weighted by Gasteiger charge is -1.77. The van der Waals surface area contributed by atoms with Gasteiger partial charge in [-0.25, -0.2) is 7.86 Å². The molecule has 0 saturated carbocycles. The summed E-state index contributed by atoms with van der Waals surface area (Å²) < 4.78 is 13.4. The van der Waals surface area contributed by atoms with Crippen molar-refractivity contribution in [2.45, 2.75) is 13.8 Å². The van der Waals surface area contributed by atoms with Crippen molar-refractivity contribution in [3.8, 4) is 0 Å². The van der Waals surface area contributed by atoms with Crippen molar-refractivity contribution in [3.63, 3.8) is 0 Å². The molecule has 0 aliphatic heterocycles. The van der Waals surface area contributed by atoms with E-state index in [1.807, 2.05) is 36.4 Å². The molecule has 0 saturated heterocycles. The maximum absolute atomic E-state index is 9.65. The van der Waals surface area contributed by atoms with E-state index in [0.29, 0.717) is 0 Å². The van der Waals surface area contributed by atoms with Crippen LogP contribution in [-0.2, 0) is 12.7 Å². The molecule has 0 aliphatic rings. The van der Waals surface area contributed by atoms with Crippen LogP contribution in [0.3, 0.4) is 0 Å². The predicted molar refractivity (Wildman–Crippen MR) is 48.9 cm³/mol. The smallest absolute Gasteiger partial charge is 0.517 e. The van der Waals surface area contributed by atoms with Crippen LogP contribution in [0.4, 0.5) is 0 Å². The quantitative estimate of drug-likeness (QED) is 0.491. The lowest BCUT2D eigenvalue weighted by atomic mass is 10.4. The van der Waals surface area contributed by atoms with Gasteiger partial charge in [0.15, 0.2) is 0 Å². The molecule has 6 heteroatoms. The topological polar surface area (TPSA) is 89.5 Å². The molecule has 16 heavy (non-hydrogen) atoms. The van der Waals surface area contributed by atoms with Gasteiger partial charge in [0, 0.05) is 12.9 Å². The Morgan fingerprint density at radius 2 is 1.25 bits per heavy atom. The average molecular weight is 339 g/mol. The zero-order valence-corrected chi connectivity index (χ0v) is 11.0. The summed E-state index contributed by atoms with van der Waals surface area (Å²) in [5.41, 5.74) is 0. The highest BCUT2D eigenvalue weighted by Gasteiger charge is 1.95. The van der Waals surface area contributed by atoms with Gasteiger partial charge in [-0.2, -0.15) is 0 Å². The molecule has 1 rings (SSSR count). The molecule has 0 bridgehead atoms. The maximum atomic E-state index is 9.65. The summed E-state index contributed by atoms with van der Waals surface area (Å²) in [5, 5.41) is 8.89. The molecule has 0 heterocycles. The van der Waals surface area contributed by atoms with Crippen molar-refractivity contribution in [1.82, 2.24) is 0 Å². The van der Waals surface area contributed by atoms with Crippen LogP contribution in [-0.4, -0.2) is 11.9 Å². The predicted octanol–water partition coefficient (Wildman–Crippen LogP) is -3.73. The van der Waals surface area contributed by atoms with Gasteiger partial charge in [0.2, 0.25) is 0 Å². The zero-order chi connectivity index (χ0) is 12.8. The van der Waals surface area contributed by atoms with E-state index in [9.17, 15) is 8.23 Å². The number of hydrogen-bond donors (Lipinski definition) is 0. The molecule has 0 aromatic heterocycles. The number of aliphatic carboxylic acids is 1.